The summed E-state index contributed by atoms with van der Waals surface area (Å²) in [6, 6.07) is 1.52. The quantitative estimate of drug-likeness (QED) is 0.817. The molecule has 0 aromatic carbocycles. The lowest BCUT2D eigenvalue weighted by Crippen LogP contribution is -2.25. The fourth-order valence-electron chi connectivity index (χ4n) is 1.30. The second-order valence-corrected chi connectivity index (χ2v) is 5.37. The van der Waals surface area contributed by atoms with E-state index in [1.807, 2.05) is 20.8 Å². The lowest BCUT2D eigenvalue weighted by molar-refractivity contribution is -0.142. The predicted molar refractivity (Wildman–Crippen MR) is 67.4 cm³/mol. The van der Waals surface area contributed by atoms with Gasteiger partial charge in [0.05, 0.1) is 5.69 Å². The van der Waals surface area contributed by atoms with Gasteiger partial charge in [-0.1, -0.05) is 20.8 Å². The molecule has 3 N–H and O–H groups in total. The summed E-state index contributed by atoms with van der Waals surface area (Å²) in [5.74, 6) is 0.143. The Balaban J connectivity index is 3.13. The van der Waals surface area contributed by atoms with Crippen molar-refractivity contribution in [3.8, 4) is 0 Å². The first-order chi connectivity index (χ1) is 7.99. The van der Waals surface area contributed by atoms with Gasteiger partial charge < -0.3 is 11.1 Å². The lowest BCUT2D eigenvalue weighted by Gasteiger charge is -2.14. The van der Waals surface area contributed by atoms with E-state index in [1.54, 1.807) is 0 Å². The smallest absolute Gasteiger partial charge is 0.376 e. The standard InChI is InChI=1S/C10H15F3N4S/c1-9(2,3)6-4-7(15-8(14)18)17(16-6)5-10(11,12)13/h4H,5H2,1-3H3,(H3,14,15,18). The van der Waals surface area contributed by atoms with Crippen LogP contribution in [0.3, 0.4) is 0 Å². The third-order valence-corrected chi connectivity index (χ3v) is 2.23. The summed E-state index contributed by atoms with van der Waals surface area (Å²) in [7, 11) is 0. The average Bonchev–Trinajstić information content (AvgIpc) is 2.43. The van der Waals surface area contributed by atoms with Crippen LogP contribution in [-0.4, -0.2) is 21.1 Å². The molecule has 1 aromatic rings. The summed E-state index contributed by atoms with van der Waals surface area (Å²) < 4.78 is 38.1. The number of aromatic nitrogens is 2. The number of rotatable bonds is 2. The molecule has 1 rings (SSSR count). The second kappa shape index (κ2) is 4.75. The van der Waals surface area contributed by atoms with E-state index in [9.17, 15) is 13.2 Å². The predicted octanol–water partition coefficient (Wildman–Crippen LogP) is 2.40. The van der Waals surface area contributed by atoms with E-state index in [1.165, 1.54) is 6.07 Å². The first-order valence-corrected chi connectivity index (χ1v) is 5.61. The number of anilines is 1. The molecule has 0 atom stereocenters. The Hall–Kier alpha value is -1.31. The van der Waals surface area contributed by atoms with Gasteiger partial charge in [0.15, 0.2) is 5.11 Å². The normalized spacial score (nSPS) is 12.6. The first-order valence-electron chi connectivity index (χ1n) is 5.20. The molecule has 0 spiro atoms. The topological polar surface area (TPSA) is 55.9 Å². The van der Waals surface area contributed by atoms with E-state index >= 15 is 0 Å². The van der Waals surface area contributed by atoms with Gasteiger partial charge >= 0.3 is 6.18 Å². The molecule has 102 valence electrons. The van der Waals surface area contributed by atoms with E-state index < -0.39 is 12.7 Å². The fraction of sp³-hybridized carbons (Fsp3) is 0.600. The van der Waals surface area contributed by atoms with Crippen LogP contribution in [0.25, 0.3) is 0 Å². The third kappa shape index (κ3) is 4.17. The number of nitrogens with zero attached hydrogens (tertiary/aromatic N) is 2. The van der Waals surface area contributed by atoms with Gasteiger partial charge in [-0.3, -0.25) is 0 Å². The Labute approximate surface area is 108 Å². The van der Waals surface area contributed by atoms with Crippen molar-refractivity contribution in [2.24, 2.45) is 5.73 Å². The Bertz CT molecular complexity index is 445. The van der Waals surface area contributed by atoms with Crippen LogP contribution in [-0.2, 0) is 12.0 Å². The van der Waals surface area contributed by atoms with Crippen molar-refractivity contribution in [2.45, 2.75) is 38.9 Å². The molecular weight excluding hydrogens is 265 g/mol. The minimum atomic E-state index is -4.35. The number of nitrogens with two attached hydrogens (primary N) is 1. The maximum atomic E-state index is 12.4. The highest BCUT2D eigenvalue weighted by Gasteiger charge is 2.31. The molecule has 0 radical (unpaired) electrons. The van der Waals surface area contributed by atoms with Crippen LogP contribution in [0, 0.1) is 0 Å². The molecule has 0 aliphatic rings. The highest BCUT2D eigenvalue weighted by Crippen LogP contribution is 2.26. The Morgan fingerprint density at radius 2 is 2.00 bits per heavy atom. The van der Waals surface area contributed by atoms with Crippen molar-refractivity contribution in [3.63, 3.8) is 0 Å². The number of alkyl halides is 3. The Kier molecular flexibility index (Phi) is 3.89. The van der Waals surface area contributed by atoms with Crippen LogP contribution in [0.1, 0.15) is 26.5 Å². The summed E-state index contributed by atoms with van der Waals surface area (Å²) in [6.07, 6.45) is -4.35. The molecule has 0 aliphatic heterocycles. The number of hydrogen-bond acceptors (Lipinski definition) is 2. The monoisotopic (exact) mass is 280 g/mol. The molecule has 0 aliphatic carbocycles. The van der Waals surface area contributed by atoms with Gasteiger partial charge in [-0.25, -0.2) is 4.68 Å². The molecule has 8 heteroatoms. The summed E-state index contributed by atoms with van der Waals surface area (Å²) >= 11 is 4.63. The minimum Gasteiger partial charge on any atom is -0.376 e. The molecule has 18 heavy (non-hydrogen) atoms. The fourth-order valence-corrected chi connectivity index (χ4v) is 1.41. The van der Waals surface area contributed by atoms with E-state index in [2.05, 4.69) is 22.6 Å². The first kappa shape index (κ1) is 14.7. The number of thiocarbonyl (C=S) groups is 1. The van der Waals surface area contributed by atoms with Crippen LogP contribution >= 0.6 is 12.2 Å². The van der Waals surface area contributed by atoms with Crippen molar-refractivity contribution in [2.75, 3.05) is 5.32 Å². The molecule has 1 heterocycles. The summed E-state index contributed by atoms with van der Waals surface area (Å²) in [5, 5.41) is 6.34. The molecule has 0 saturated carbocycles. The highest BCUT2D eigenvalue weighted by molar-refractivity contribution is 7.80. The number of nitrogens with one attached hydrogen (secondary N) is 1. The number of halogens is 3. The van der Waals surface area contributed by atoms with Crippen molar-refractivity contribution < 1.29 is 13.2 Å². The summed E-state index contributed by atoms with van der Waals surface area (Å²) in [6.45, 7) is 4.39. The van der Waals surface area contributed by atoms with Crippen molar-refractivity contribution >= 4 is 23.1 Å². The molecule has 0 fully saturated rings. The minimum absolute atomic E-state index is 0.0983. The molecule has 0 bridgehead atoms. The van der Waals surface area contributed by atoms with Crippen molar-refractivity contribution in [1.29, 1.82) is 0 Å². The zero-order chi connectivity index (χ0) is 14.1. The third-order valence-electron chi connectivity index (χ3n) is 2.13. The van der Waals surface area contributed by atoms with E-state index in [0.29, 0.717) is 5.69 Å². The van der Waals surface area contributed by atoms with Crippen molar-refractivity contribution in [3.05, 3.63) is 11.8 Å². The largest absolute Gasteiger partial charge is 0.408 e. The second-order valence-electron chi connectivity index (χ2n) is 4.93. The maximum absolute atomic E-state index is 12.4. The molecular formula is C10H15F3N4S. The van der Waals surface area contributed by atoms with E-state index in [4.69, 9.17) is 5.73 Å². The zero-order valence-corrected chi connectivity index (χ0v) is 11.1. The Morgan fingerprint density at radius 1 is 1.44 bits per heavy atom. The average molecular weight is 280 g/mol. The van der Waals surface area contributed by atoms with Crippen molar-refractivity contribution in [1.82, 2.24) is 9.78 Å². The van der Waals surface area contributed by atoms with Gasteiger partial charge in [0.1, 0.15) is 12.4 Å². The van der Waals surface area contributed by atoms with Crippen LogP contribution in [0.5, 0.6) is 0 Å². The van der Waals surface area contributed by atoms with Crippen LogP contribution in [0.2, 0.25) is 0 Å². The van der Waals surface area contributed by atoms with Gasteiger partial charge in [0.2, 0.25) is 0 Å². The number of hydrogen-bond donors (Lipinski definition) is 2. The van der Waals surface area contributed by atoms with Crippen LogP contribution in [0.15, 0.2) is 6.07 Å². The molecule has 1 aromatic heterocycles. The SMILES string of the molecule is CC(C)(C)c1cc(NC(N)=S)n(CC(F)(F)F)n1. The maximum Gasteiger partial charge on any atom is 0.408 e. The Morgan fingerprint density at radius 3 is 2.39 bits per heavy atom. The summed E-state index contributed by atoms with van der Waals surface area (Å²) in [4.78, 5) is 0. The van der Waals surface area contributed by atoms with Gasteiger partial charge in [-0.05, 0) is 12.2 Å². The van der Waals surface area contributed by atoms with Gasteiger partial charge in [-0.15, -0.1) is 0 Å². The van der Waals surface area contributed by atoms with Gasteiger partial charge in [0.25, 0.3) is 0 Å². The van der Waals surface area contributed by atoms with E-state index in [-0.39, 0.29) is 16.3 Å². The molecule has 0 unspecified atom stereocenters. The highest BCUT2D eigenvalue weighted by atomic mass is 32.1. The molecule has 0 amide bonds. The molecule has 4 nitrogen and oxygen atoms in total. The zero-order valence-electron chi connectivity index (χ0n) is 10.3. The van der Waals surface area contributed by atoms with Gasteiger partial charge in [0, 0.05) is 11.5 Å². The lowest BCUT2D eigenvalue weighted by atomic mass is 9.92. The summed E-state index contributed by atoms with van der Waals surface area (Å²) in [5.41, 5.74) is 5.45. The van der Waals surface area contributed by atoms with Gasteiger partial charge in [-0.2, -0.15) is 18.3 Å². The molecule has 0 saturated heterocycles. The van der Waals surface area contributed by atoms with E-state index in [0.717, 1.165) is 4.68 Å². The van der Waals surface area contributed by atoms with Crippen LogP contribution in [0.4, 0.5) is 19.0 Å². The van der Waals surface area contributed by atoms with Crippen LogP contribution < -0.4 is 11.1 Å².